The van der Waals surface area contributed by atoms with Crippen LogP contribution in [0.3, 0.4) is 0 Å². The predicted octanol–water partition coefficient (Wildman–Crippen LogP) is 1.58. The Morgan fingerprint density at radius 3 is 2.55 bits per heavy atom. The fourth-order valence-corrected chi connectivity index (χ4v) is 2.70. The van der Waals surface area contributed by atoms with Gasteiger partial charge in [-0.2, -0.15) is 0 Å². The number of halogens is 1. The minimum atomic E-state index is -0.0519. The number of carbonyl (C=O) groups excluding carboxylic acids is 2. The molecule has 0 aliphatic carbocycles. The summed E-state index contributed by atoms with van der Waals surface area (Å²) in [6.45, 7) is 1.24. The number of amides is 2. The summed E-state index contributed by atoms with van der Waals surface area (Å²) in [6, 6.07) is 7.52. The van der Waals surface area contributed by atoms with E-state index in [1.807, 2.05) is 24.3 Å². The molecule has 5 nitrogen and oxygen atoms in total. The molecule has 1 saturated heterocycles. The van der Waals surface area contributed by atoms with Crippen molar-refractivity contribution in [2.24, 2.45) is 11.7 Å². The first-order valence-electron chi connectivity index (χ1n) is 6.65. The lowest BCUT2D eigenvalue weighted by Crippen LogP contribution is -2.43. The lowest BCUT2D eigenvalue weighted by molar-refractivity contribution is -0.133. The second-order valence-electron chi connectivity index (χ2n) is 4.83. The summed E-state index contributed by atoms with van der Waals surface area (Å²) < 4.78 is 0.865. The Balaban J connectivity index is 1.89. The molecule has 108 valence electrons. The molecule has 6 heteroatoms. The van der Waals surface area contributed by atoms with Gasteiger partial charge in [0.2, 0.25) is 11.8 Å². The summed E-state index contributed by atoms with van der Waals surface area (Å²) in [5, 5.41) is 2.92. The summed E-state index contributed by atoms with van der Waals surface area (Å²) in [6.07, 6.45) is 1.37. The molecule has 1 aromatic rings. The van der Waals surface area contributed by atoms with E-state index in [4.69, 9.17) is 5.73 Å². The van der Waals surface area contributed by atoms with Crippen LogP contribution in [0.25, 0.3) is 0 Å². The number of rotatable bonds is 3. The average Bonchev–Trinajstić information content (AvgIpc) is 2.49. The van der Waals surface area contributed by atoms with Crippen LogP contribution in [-0.4, -0.2) is 36.3 Å². The van der Waals surface area contributed by atoms with Gasteiger partial charge in [0.05, 0.1) is 12.2 Å². The Kier molecular flexibility index (Phi) is 5.14. The lowest BCUT2D eigenvalue weighted by atomic mass is 9.95. The molecule has 1 aliphatic heterocycles. The number of carbonyl (C=O) groups is 2. The third-order valence-corrected chi connectivity index (χ3v) is 4.22. The van der Waals surface area contributed by atoms with Gasteiger partial charge in [0.25, 0.3) is 0 Å². The molecule has 3 N–H and O–H groups in total. The minimum Gasteiger partial charge on any atom is -0.342 e. The summed E-state index contributed by atoms with van der Waals surface area (Å²) in [5.74, 6) is -0.0876. The summed E-state index contributed by atoms with van der Waals surface area (Å²) in [5.41, 5.74) is 6.12. The zero-order valence-electron chi connectivity index (χ0n) is 11.1. The molecule has 1 fully saturated rings. The maximum absolute atomic E-state index is 12.2. The first-order valence-corrected chi connectivity index (χ1v) is 7.44. The molecule has 2 amide bonds. The van der Waals surface area contributed by atoms with Gasteiger partial charge in [-0.05, 0) is 40.9 Å². The number of nitrogens with one attached hydrogen (secondary N) is 1. The van der Waals surface area contributed by atoms with Crippen LogP contribution in [-0.2, 0) is 9.59 Å². The van der Waals surface area contributed by atoms with Gasteiger partial charge in [-0.1, -0.05) is 12.1 Å². The zero-order chi connectivity index (χ0) is 14.5. The number of hydrogen-bond donors (Lipinski definition) is 2. The van der Waals surface area contributed by atoms with Crippen LogP contribution in [0, 0.1) is 5.92 Å². The quantitative estimate of drug-likeness (QED) is 0.877. The molecule has 0 radical (unpaired) electrons. The molecule has 20 heavy (non-hydrogen) atoms. The third kappa shape index (κ3) is 3.58. The Morgan fingerprint density at radius 1 is 1.30 bits per heavy atom. The molecule has 0 atom stereocenters. The molecule has 1 heterocycles. The smallest absolute Gasteiger partial charge is 0.236 e. The molecule has 0 unspecified atom stereocenters. The summed E-state index contributed by atoms with van der Waals surface area (Å²) in [4.78, 5) is 25.4. The summed E-state index contributed by atoms with van der Waals surface area (Å²) >= 11 is 3.41. The van der Waals surface area contributed by atoms with Crippen LogP contribution in [0.1, 0.15) is 12.8 Å². The number of nitrogens with two attached hydrogens (primary N) is 1. The highest BCUT2D eigenvalue weighted by Crippen LogP contribution is 2.24. The monoisotopic (exact) mass is 339 g/mol. The van der Waals surface area contributed by atoms with E-state index < -0.39 is 0 Å². The number of para-hydroxylation sites is 1. The summed E-state index contributed by atoms with van der Waals surface area (Å²) in [7, 11) is 0. The molecule has 0 bridgehead atoms. The largest absolute Gasteiger partial charge is 0.342 e. The van der Waals surface area contributed by atoms with Crippen molar-refractivity contribution < 1.29 is 9.59 Å². The van der Waals surface area contributed by atoms with Crippen molar-refractivity contribution in [1.82, 2.24) is 4.90 Å². The average molecular weight is 340 g/mol. The molecular weight excluding hydrogens is 322 g/mol. The van der Waals surface area contributed by atoms with E-state index in [0.29, 0.717) is 25.9 Å². The third-order valence-electron chi connectivity index (χ3n) is 3.52. The van der Waals surface area contributed by atoms with Gasteiger partial charge in [-0.25, -0.2) is 0 Å². The Hall–Kier alpha value is -1.40. The normalized spacial score (nSPS) is 16.0. The standard InChI is InChI=1S/C14H18BrN3O2/c15-11-3-1-2-4-12(11)17-14(20)10-5-7-18(8-6-10)13(19)9-16/h1-4,10H,5-9,16H2,(H,17,20). The van der Waals surface area contributed by atoms with E-state index in [1.165, 1.54) is 0 Å². The molecule has 1 aromatic carbocycles. The van der Waals surface area contributed by atoms with Crippen molar-refractivity contribution >= 4 is 33.4 Å². The van der Waals surface area contributed by atoms with Crippen LogP contribution < -0.4 is 11.1 Å². The van der Waals surface area contributed by atoms with E-state index in [2.05, 4.69) is 21.2 Å². The number of likely N-dealkylation sites (tertiary alicyclic amines) is 1. The van der Waals surface area contributed by atoms with Crippen LogP contribution in [0.2, 0.25) is 0 Å². The van der Waals surface area contributed by atoms with Crippen LogP contribution in [0.4, 0.5) is 5.69 Å². The highest BCUT2D eigenvalue weighted by atomic mass is 79.9. The highest BCUT2D eigenvalue weighted by molar-refractivity contribution is 9.10. The fourth-order valence-electron chi connectivity index (χ4n) is 2.32. The van der Waals surface area contributed by atoms with E-state index in [0.717, 1.165) is 10.2 Å². The van der Waals surface area contributed by atoms with Gasteiger partial charge in [-0.15, -0.1) is 0 Å². The zero-order valence-corrected chi connectivity index (χ0v) is 12.7. The number of anilines is 1. The van der Waals surface area contributed by atoms with Gasteiger partial charge in [0.1, 0.15) is 0 Å². The van der Waals surface area contributed by atoms with Crippen molar-refractivity contribution in [1.29, 1.82) is 0 Å². The van der Waals surface area contributed by atoms with Crippen molar-refractivity contribution in [2.45, 2.75) is 12.8 Å². The fraction of sp³-hybridized carbons (Fsp3) is 0.429. The van der Waals surface area contributed by atoms with Gasteiger partial charge in [0.15, 0.2) is 0 Å². The molecule has 0 saturated carbocycles. The first-order chi connectivity index (χ1) is 9.61. The maximum Gasteiger partial charge on any atom is 0.236 e. The van der Waals surface area contributed by atoms with Gasteiger partial charge >= 0.3 is 0 Å². The molecule has 0 spiro atoms. The molecule has 0 aromatic heterocycles. The van der Waals surface area contributed by atoms with Gasteiger partial charge < -0.3 is 16.0 Å². The van der Waals surface area contributed by atoms with Crippen molar-refractivity contribution in [3.05, 3.63) is 28.7 Å². The van der Waals surface area contributed by atoms with E-state index in [-0.39, 0.29) is 24.3 Å². The Labute approximate surface area is 126 Å². The van der Waals surface area contributed by atoms with Crippen LogP contribution in [0.15, 0.2) is 28.7 Å². The second-order valence-corrected chi connectivity index (χ2v) is 5.68. The van der Waals surface area contributed by atoms with Crippen molar-refractivity contribution in [2.75, 3.05) is 25.0 Å². The first kappa shape index (κ1) is 15.0. The SMILES string of the molecule is NCC(=O)N1CCC(C(=O)Nc2ccccc2Br)CC1. The van der Waals surface area contributed by atoms with Gasteiger partial charge in [0, 0.05) is 23.5 Å². The van der Waals surface area contributed by atoms with Crippen molar-refractivity contribution in [3.8, 4) is 0 Å². The minimum absolute atomic E-state index is 0.0109. The Morgan fingerprint density at radius 2 is 1.95 bits per heavy atom. The van der Waals surface area contributed by atoms with Crippen LogP contribution >= 0.6 is 15.9 Å². The molecule has 1 aliphatic rings. The van der Waals surface area contributed by atoms with E-state index in [1.54, 1.807) is 4.90 Å². The molecular formula is C14H18BrN3O2. The lowest BCUT2D eigenvalue weighted by Gasteiger charge is -2.31. The Bertz CT molecular complexity index is 499. The predicted molar refractivity (Wildman–Crippen MR) is 81.1 cm³/mol. The maximum atomic E-state index is 12.2. The highest BCUT2D eigenvalue weighted by Gasteiger charge is 2.26. The number of hydrogen-bond acceptors (Lipinski definition) is 3. The van der Waals surface area contributed by atoms with Crippen LogP contribution in [0.5, 0.6) is 0 Å². The number of nitrogens with zero attached hydrogens (tertiary/aromatic N) is 1. The van der Waals surface area contributed by atoms with Gasteiger partial charge in [-0.3, -0.25) is 9.59 Å². The number of benzene rings is 1. The number of piperidine rings is 1. The van der Waals surface area contributed by atoms with E-state index in [9.17, 15) is 9.59 Å². The molecule has 2 rings (SSSR count). The van der Waals surface area contributed by atoms with E-state index >= 15 is 0 Å². The second kappa shape index (κ2) is 6.85. The topological polar surface area (TPSA) is 75.4 Å². The van der Waals surface area contributed by atoms with Crippen molar-refractivity contribution in [3.63, 3.8) is 0 Å².